The van der Waals surface area contributed by atoms with Crippen LogP contribution in [0.25, 0.3) is 0 Å². The molecule has 0 rings (SSSR count). The standard InChI is InChI=1S/C3H10O4P2S/c1-3-8(4)6-9(5)7-10-2/h4-5H,3H2,1-2H3. The molecule has 0 fully saturated rings. The molecule has 0 radical (unpaired) electrons. The normalized spacial score (nSPS) is 16.8. The SMILES string of the molecule is CCP(O)OP(O)OSC. The van der Waals surface area contributed by atoms with Crippen molar-refractivity contribution in [2.45, 2.75) is 6.92 Å². The van der Waals surface area contributed by atoms with E-state index in [2.05, 4.69) is 8.28 Å². The zero-order valence-electron chi connectivity index (χ0n) is 5.72. The third kappa shape index (κ3) is 5.81. The summed E-state index contributed by atoms with van der Waals surface area (Å²) in [5.74, 6) is 0. The maximum absolute atomic E-state index is 8.86. The minimum absolute atomic E-state index is 0.506. The Hall–Kier alpha value is 1.05. The van der Waals surface area contributed by atoms with Crippen molar-refractivity contribution in [2.24, 2.45) is 0 Å². The smallest absolute Gasteiger partial charge is 0.347 e. The van der Waals surface area contributed by atoms with Crippen LogP contribution in [0.3, 0.4) is 0 Å². The summed E-state index contributed by atoms with van der Waals surface area (Å²) in [5.41, 5.74) is 0. The molecular weight excluding hydrogens is 194 g/mol. The second-order valence-electron chi connectivity index (χ2n) is 1.23. The quantitative estimate of drug-likeness (QED) is 0.528. The Bertz CT molecular complexity index is 84.9. The summed E-state index contributed by atoms with van der Waals surface area (Å²) in [4.78, 5) is 17.7. The molecule has 10 heavy (non-hydrogen) atoms. The number of hydrogen-bond donors (Lipinski definition) is 2. The Morgan fingerprint density at radius 2 is 2.10 bits per heavy atom. The van der Waals surface area contributed by atoms with Crippen molar-refractivity contribution in [2.75, 3.05) is 12.4 Å². The van der Waals surface area contributed by atoms with Crippen LogP contribution in [0.1, 0.15) is 6.92 Å². The largest absolute Gasteiger partial charge is 0.350 e. The van der Waals surface area contributed by atoms with Crippen molar-refractivity contribution in [1.29, 1.82) is 0 Å². The van der Waals surface area contributed by atoms with Gasteiger partial charge in [0.1, 0.15) is 0 Å². The van der Waals surface area contributed by atoms with Crippen LogP contribution in [0, 0.1) is 0 Å². The van der Waals surface area contributed by atoms with Gasteiger partial charge in [-0.25, -0.2) is 3.97 Å². The topological polar surface area (TPSA) is 58.9 Å². The third-order valence-electron chi connectivity index (χ3n) is 0.573. The molecule has 0 aliphatic rings. The second kappa shape index (κ2) is 6.74. The molecule has 7 heteroatoms. The highest BCUT2D eigenvalue weighted by atomic mass is 32.2. The molecule has 2 atom stereocenters. The first-order chi connectivity index (χ1) is 4.70. The van der Waals surface area contributed by atoms with E-state index in [0.29, 0.717) is 6.16 Å². The van der Waals surface area contributed by atoms with Gasteiger partial charge >= 0.3 is 8.60 Å². The lowest BCUT2D eigenvalue weighted by Gasteiger charge is -2.10. The summed E-state index contributed by atoms with van der Waals surface area (Å²) >= 11 is 1.02. The third-order valence-corrected chi connectivity index (χ3v) is 3.53. The molecule has 0 spiro atoms. The van der Waals surface area contributed by atoms with E-state index in [-0.39, 0.29) is 0 Å². The van der Waals surface area contributed by atoms with E-state index in [1.807, 2.05) is 0 Å². The average molecular weight is 204 g/mol. The molecule has 2 N–H and O–H groups in total. The van der Waals surface area contributed by atoms with E-state index in [9.17, 15) is 0 Å². The van der Waals surface area contributed by atoms with Crippen molar-refractivity contribution < 1.29 is 18.1 Å². The summed E-state index contributed by atoms with van der Waals surface area (Å²) in [6, 6.07) is 0. The maximum atomic E-state index is 8.86. The van der Waals surface area contributed by atoms with Gasteiger partial charge < -0.3 is 9.79 Å². The molecule has 0 saturated heterocycles. The van der Waals surface area contributed by atoms with Gasteiger partial charge in [-0.1, -0.05) is 6.92 Å². The highest BCUT2D eigenvalue weighted by Crippen LogP contribution is 2.50. The van der Waals surface area contributed by atoms with Gasteiger partial charge in [0.25, 0.3) is 0 Å². The highest BCUT2D eigenvalue weighted by molar-refractivity contribution is 7.97. The summed E-state index contributed by atoms with van der Waals surface area (Å²) < 4.78 is 9.22. The Morgan fingerprint density at radius 3 is 2.50 bits per heavy atom. The molecule has 0 aromatic rings. The molecule has 0 amide bonds. The van der Waals surface area contributed by atoms with Gasteiger partial charge in [0.15, 0.2) is 8.38 Å². The van der Waals surface area contributed by atoms with Crippen molar-refractivity contribution >= 4 is 29.0 Å². The van der Waals surface area contributed by atoms with Crippen LogP contribution in [-0.4, -0.2) is 22.2 Å². The van der Waals surface area contributed by atoms with Gasteiger partial charge in [0, 0.05) is 12.4 Å². The molecule has 2 unspecified atom stereocenters. The van der Waals surface area contributed by atoms with Crippen molar-refractivity contribution in [3.05, 3.63) is 0 Å². The van der Waals surface area contributed by atoms with Crippen LogP contribution in [0.5, 0.6) is 0 Å². The van der Waals surface area contributed by atoms with Crippen molar-refractivity contribution in [1.82, 2.24) is 0 Å². The van der Waals surface area contributed by atoms with Crippen LogP contribution >= 0.6 is 29.0 Å². The molecular formula is C3H10O4P2S. The lowest BCUT2D eigenvalue weighted by Crippen LogP contribution is -1.81. The number of hydrogen-bond acceptors (Lipinski definition) is 5. The monoisotopic (exact) mass is 204 g/mol. The fourth-order valence-corrected chi connectivity index (χ4v) is 2.19. The molecule has 0 heterocycles. The first-order valence-electron chi connectivity index (χ1n) is 2.55. The lowest BCUT2D eigenvalue weighted by atomic mass is 11.0. The van der Waals surface area contributed by atoms with E-state index in [1.165, 1.54) is 0 Å². The minimum Gasteiger partial charge on any atom is -0.350 e. The molecule has 0 aliphatic heterocycles. The summed E-state index contributed by atoms with van der Waals surface area (Å²) in [7, 11) is -3.37. The zero-order valence-corrected chi connectivity index (χ0v) is 8.33. The predicted octanol–water partition coefficient (Wildman–Crippen LogP) is 1.84. The van der Waals surface area contributed by atoms with E-state index in [1.54, 1.807) is 13.2 Å². The Kier molecular flexibility index (Phi) is 7.45. The first-order valence-corrected chi connectivity index (χ1v) is 6.22. The van der Waals surface area contributed by atoms with Gasteiger partial charge in [-0.2, -0.15) is 0 Å². The Labute approximate surface area is 67.0 Å². The Morgan fingerprint density at radius 1 is 1.50 bits per heavy atom. The van der Waals surface area contributed by atoms with E-state index in [4.69, 9.17) is 9.79 Å². The van der Waals surface area contributed by atoms with E-state index >= 15 is 0 Å². The molecule has 4 nitrogen and oxygen atoms in total. The van der Waals surface area contributed by atoms with Crippen LogP contribution in [0.4, 0.5) is 0 Å². The van der Waals surface area contributed by atoms with Crippen LogP contribution < -0.4 is 0 Å². The molecule has 0 aliphatic carbocycles. The van der Waals surface area contributed by atoms with Crippen LogP contribution in [0.15, 0.2) is 0 Å². The van der Waals surface area contributed by atoms with Crippen LogP contribution in [-0.2, 0) is 8.28 Å². The van der Waals surface area contributed by atoms with Crippen molar-refractivity contribution in [3.63, 3.8) is 0 Å². The molecule has 0 aromatic heterocycles. The molecule has 0 bridgehead atoms. The van der Waals surface area contributed by atoms with Crippen molar-refractivity contribution in [3.8, 4) is 0 Å². The zero-order chi connectivity index (χ0) is 7.98. The maximum Gasteiger partial charge on any atom is 0.347 e. The summed E-state index contributed by atoms with van der Waals surface area (Å²) in [6.45, 7) is 1.77. The van der Waals surface area contributed by atoms with E-state index < -0.39 is 17.0 Å². The van der Waals surface area contributed by atoms with Gasteiger partial charge in [-0.05, 0) is 12.0 Å². The Balaban J connectivity index is 3.27. The predicted molar refractivity (Wildman–Crippen MR) is 44.5 cm³/mol. The fraction of sp³-hybridized carbons (Fsp3) is 1.00. The molecule has 62 valence electrons. The molecule has 0 aromatic carbocycles. The lowest BCUT2D eigenvalue weighted by molar-refractivity contribution is 0.395. The molecule has 0 saturated carbocycles. The van der Waals surface area contributed by atoms with E-state index in [0.717, 1.165) is 12.0 Å². The summed E-state index contributed by atoms with van der Waals surface area (Å²) in [6.07, 6.45) is 2.17. The minimum atomic E-state index is -1.88. The van der Waals surface area contributed by atoms with Gasteiger partial charge in [0.2, 0.25) is 0 Å². The van der Waals surface area contributed by atoms with Crippen LogP contribution in [0.2, 0.25) is 0 Å². The van der Waals surface area contributed by atoms with Gasteiger partial charge in [0.05, 0.1) is 0 Å². The van der Waals surface area contributed by atoms with Gasteiger partial charge in [-0.15, -0.1) is 0 Å². The van der Waals surface area contributed by atoms with Gasteiger partial charge in [-0.3, -0.25) is 4.31 Å². The first kappa shape index (κ1) is 11.1. The second-order valence-corrected chi connectivity index (χ2v) is 4.62. The fourth-order valence-electron chi connectivity index (χ4n) is 0.216. The highest BCUT2D eigenvalue weighted by Gasteiger charge is 2.12. The average Bonchev–Trinajstić information content (AvgIpc) is 1.88. The summed E-state index contributed by atoms with van der Waals surface area (Å²) in [5, 5.41) is 0. The number of rotatable bonds is 5.